The second kappa shape index (κ2) is 7.00. The number of ether oxygens (including phenoxy) is 1. The zero-order chi connectivity index (χ0) is 14.4. The van der Waals surface area contributed by atoms with Crippen molar-refractivity contribution >= 4 is 17.7 Å². The smallest absolute Gasteiger partial charge is 0.229 e. The molecule has 1 aromatic carbocycles. The Hall–Kier alpha value is -1.95. The number of aromatic nitrogens is 1. The van der Waals surface area contributed by atoms with Crippen LogP contribution in [0.5, 0.6) is 5.75 Å². The van der Waals surface area contributed by atoms with Crippen LogP contribution >= 0.6 is 11.8 Å². The van der Waals surface area contributed by atoms with Crippen LogP contribution in [-0.4, -0.2) is 30.8 Å². The molecule has 0 saturated carbocycles. The Morgan fingerprint density at radius 2 is 2.15 bits per heavy atom. The molecule has 0 saturated heterocycles. The Kier molecular flexibility index (Phi) is 5.06. The van der Waals surface area contributed by atoms with E-state index in [1.165, 1.54) is 11.8 Å². The maximum absolute atomic E-state index is 11.1. The molecule has 1 N–H and O–H groups in total. The predicted octanol–water partition coefficient (Wildman–Crippen LogP) is 2.33. The molecule has 0 aliphatic rings. The van der Waals surface area contributed by atoms with Gasteiger partial charge in [0.25, 0.3) is 0 Å². The Bertz CT molecular complexity index is 566. The fourth-order valence-electron chi connectivity index (χ4n) is 1.56. The first-order chi connectivity index (χ1) is 9.72. The number of benzene rings is 1. The fraction of sp³-hybridized carbons (Fsp3) is 0.286. The molecule has 0 aliphatic carbocycles. The number of rotatable bonds is 6. The molecule has 0 radical (unpaired) electrons. The van der Waals surface area contributed by atoms with Crippen molar-refractivity contribution in [1.29, 1.82) is 0 Å². The minimum Gasteiger partial charge on any atom is -0.497 e. The Morgan fingerprint density at radius 3 is 2.80 bits per heavy atom. The number of carbonyl (C=O) groups excluding carboxylic acids is 1. The summed E-state index contributed by atoms with van der Waals surface area (Å²) in [6, 6.07) is 7.51. The number of hydrogen-bond donors (Lipinski definition) is 1. The molecule has 2 rings (SSSR count). The number of carbonyl (C=O) groups is 1. The van der Waals surface area contributed by atoms with Gasteiger partial charge in [0.15, 0.2) is 0 Å². The van der Waals surface area contributed by atoms with Crippen molar-refractivity contribution in [2.24, 2.45) is 0 Å². The fourth-order valence-corrected chi connectivity index (χ4v) is 2.33. The molecule has 0 atom stereocenters. The largest absolute Gasteiger partial charge is 0.497 e. The van der Waals surface area contributed by atoms with Gasteiger partial charge in [-0.2, -0.15) is 0 Å². The van der Waals surface area contributed by atoms with E-state index >= 15 is 0 Å². The molecular formula is C14H16N2O3S. The average molecular weight is 292 g/mol. The van der Waals surface area contributed by atoms with Crippen LogP contribution in [-0.2, 0) is 10.5 Å². The molecule has 1 aromatic heterocycles. The van der Waals surface area contributed by atoms with Gasteiger partial charge in [0.2, 0.25) is 11.8 Å². The number of methoxy groups -OCH3 is 1. The molecule has 0 spiro atoms. The van der Waals surface area contributed by atoms with Crippen molar-refractivity contribution < 1.29 is 13.9 Å². The molecule has 0 aliphatic heterocycles. The van der Waals surface area contributed by atoms with Gasteiger partial charge < -0.3 is 14.5 Å². The lowest BCUT2D eigenvalue weighted by molar-refractivity contribution is -0.118. The second-order valence-electron chi connectivity index (χ2n) is 4.04. The van der Waals surface area contributed by atoms with Crippen LogP contribution in [0.3, 0.4) is 0 Å². The first kappa shape index (κ1) is 14.5. The number of oxazole rings is 1. The highest BCUT2D eigenvalue weighted by atomic mass is 32.2. The van der Waals surface area contributed by atoms with Crippen molar-refractivity contribution in [3.63, 3.8) is 0 Å². The molecule has 1 heterocycles. The Morgan fingerprint density at radius 1 is 1.40 bits per heavy atom. The summed E-state index contributed by atoms with van der Waals surface area (Å²) in [4.78, 5) is 15.5. The lowest BCUT2D eigenvalue weighted by atomic mass is 10.2. The molecule has 2 aromatic rings. The molecule has 106 valence electrons. The summed E-state index contributed by atoms with van der Waals surface area (Å²) in [5.41, 5.74) is 1.72. The zero-order valence-electron chi connectivity index (χ0n) is 11.4. The molecule has 0 fully saturated rings. The van der Waals surface area contributed by atoms with E-state index in [9.17, 15) is 4.79 Å². The Labute approximate surface area is 121 Å². The van der Waals surface area contributed by atoms with Crippen LogP contribution in [0.15, 0.2) is 34.9 Å². The number of nitrogens with zero attached hydrogens (tertiary/aromatic N) is 1. The predicted molar refractivity (Wildman–Crippen MR) is 78.7 cm³/mol. The summed E-state index contributed by atoms with van der Waals surface area (Å²) in [6.45, 7) is 0. The van der Waals surface area contributed by atoms with Gasteiger partial charge in [0.1, 0.15) is 12.0 Å². The summed E-state index contributed by atoms with van der Waals surface area (Å²) in [5.74, 6) is 2.44. The third kappa shape index (κ3) is 3.77. The zero-order valence-corrected chi connectivity index (χ0v) is 12.2. The standard InChI is InChI=1S/C14H16N2O3S/c1-15-13(17)9-20-8-11-7-19-14(16-11)10-3-5-12(18-2)6-4-10/h3-7H,8-9H2,1-2H3,(H,15,17). The van der Waals surface area contributed by atoms with Crippen molar-refractivity contribution in [1.82, 2.24) is 10.3 Å². The van der Waals surface area contributed by atoms with E-state index < -0.39 is 0 Å². The quantitative estimate of drug-likeness (QED) is 0.885. The summed E-state index contributed by atoms with van der Waals surface area (Å²) >= 11 is 1.50. The van der Waals surface area contributed by atoms with E-state index in [0.29, 0.717) is 17.4 Å². The topological polar surface area (TPSA) is 64.4 Å². The van der Waals surface area contributed by atoms with Crippen LogP contribution in [0.4, 0.5) is 0 Å². The number of hydrogen-bond acceptors (Lipinski definition) is 5. The monoisotopic (exact) mass is 292 g/mol. The third-order valence-corrected chi connectivity index (χ3v) is 3.62. The van der Waals surface area contributed by atoms with E-state index in [-0.39, 0.29) is 5.91 Å². The molecule has 1 amide bonds. The molecular weight excluding hydrogens is 276 g/mol. The maximum atomic E-state index is 11.1. The molecule has 6 heteroatoms. The second-order valence-corrected chi connectivity index (χ2v) is 5.02. The minimum absolute atomic E-state index is 0.00822. The van der Waals surface area contributed by atoms with Gasteiger partial charge in [-0.25, -0.2) is 4.98 Å². The first-order valence-electron chi connectivity index (χ1n) is 6.10. The first-order valence-corrected chi connectivity index (χ1v) is 7.25. The molecule has 0 unspecified atom stereocenters. The molecule has 5 nitrogen and oxygen atoms in total. The third-order valence-electron chi connectivity index (χ3n) is 2.65. The SMILES string of the molecule is CNC(=O)CSCc1coc(-c2ccc(OC)cc2)n1. The van der Waals surface area contributed by atoms with Gasteiger partial charge in [-0.15, -0.1) is 11.8 Å². The summed E-state index contributed by atoms with van der Waals surface area (Å²) < 4.78 is 10.5. The number of thioether (sulfide) groups is 1. The molecule has 20 heavy (non-hydrogen) atoms. The van der Waals surface area contributed by atoms with E-state index in [0.717, 1.165) is 17.0 Å². The van der Waals surface area contributed by atoms with Crippen molar-refractivity contribution in [3.8, 4) is 17.2 Å². The van der Waals surface area contributed by atoms with Gasteiger partial charge in [0, 0.05) is 18.4 Å². The van der Waals surface area contributed by atoms with Gasteiger partial charge in [-0.05, 0) is 24.3 Å². The van der Waals surface area contributed by atoms with E-state index in [1.807, 2.05) is 24.3 Å². The van der Waals surface area contributed by atoms with Crippen LogP contribution in [0.25, 0.3) is 11.5 Å². The van der Waals surface area contributed by atoms with Crippen LogP contribution in [0.2, 0.25) is 0 Å². The van der Waals surface area contributed by atoms with Gasteiger partial charge in [-0.1, -0.05) is 0 Å². The van der Waals surface area contributed by atoms with E-state index in [1.54, 1.807) is 20.4 Å². The number of nitrogens with one attached hydrogen (secondary N) is 1. The minimum atomic E-state index is 0.00822. The van der Waals surface area contributed by atoms with Crippen LogP contribution in [0.1, 0.15) is 5.69 Å². The summed E-state index contributed by atoms with van der Waals surface area (Å²) in [5, 5.41) is 2.58. The van der Waals surface area contributed by atoms with E-state index in [4.69, 9.17) is 9.15 Å². The van der Waals surface area contributed by atoms with Gasteiger partial charge in [-0.3, -0.25) is 4.79 Å². The van der Waals surface area contributed by atoms with Crippen molar-refractivity contribution in [3.05, 3.63) is 36.2 Å². The normalized spacial score (nSPS) is 10.3. The lowest BCUT2D eigenvalue weighted by Crippen LogP contribution is -2.19. The lowest BCUT2D eigenvalue weighted by Gasteiger charge is -1.99. The summed E-state index contributed by atoms with van der Waals surface area (Å²) in [7, 11) is 3.25. The number of amides is 1. The average Bonchev–Trinajstić information content (AvgIpc) is 2.96. The van der Waals surface area contributed by atoms with Crippen molar-refractivity contribution in [2.45, 2.75) is 5.75 Å². The maximum Gasteiger partial charge on any atom is 0.229 e. The van der Waals surface area contributed by atoms with Crippen LogP contribution < -0.4 is 10.1 Å². The molecule has 0 bridgehead atoms. The highest BCUT2D eigenvalue weighted by molar-refractivity contribution is 7.99. The van der Waals surface area contributed by atoms with Crippen molar-refractivity contribution in [2.75, 3.05) is 19.9 Å². The van der Waals surface area contributed by atoms with Gasteiger partial charge >= 0.3 is 0 Å². The highest BCUT2D eigenvalue weighted by Gasteiger charge is 2.07. The Balaban J connectivity index is 1.95. The van der Waals surface area contributed by atoms with Crippen LogP contribution in [0, 0.1) is 0 Å². The van der Waals surface area contributed by atoms with E-state index in [2.05, 4.69) is 10.3 Å². The van der Waals surface area contributed by atoms with Gasteiger partial charge in [0.05, 0.1) is 18.6 Å². The highest BCUT2D eigenvalue weighted by Crippen LogP contribution is 2.23. The summed E-state index contributed by atoms with van der Waals surface area (Å²) in [6.07, 6.45) is 1.62.